The fraction of sp³-hybridized carbons (Fsp3) is 0.500. The van der Waals surface area contributed by atoms with E-state index in [2.05, 4.69) is 81.5 Å². The van der Waals surface area contributed by atoms with Crippen LogP contribution in [0.15, 0.2) is 60.8 Å². The Bertz CT molecular complexity index is 458. The fourth-order valence-corrected chi connectivity index (χ4v) is 2.95. The maximum absolute atomic E-state index is 9.39. The van der Waals surface area contributed by atoms with E-state index in [0.717, 1.165) is 12.8 Å². The van der Waals surface area contributed by atoms with Crippen molar-refractivity contribution in [3.63, 3.8) is 0 Å². The standard InChI is InChI=1S/C20H28O/c1-4-18(16-21)17(2)8-11-19(3)12-14-20(15-13-19)9-6-5-7-10-20/h6-15,17-18,21H,4-5,16H2,1-3H3/b11-8-. The molecule has 1 nitrogen and oxygen atoms in total. The van der Waals surface area contributed by atoms with Crippen molar-refractivity contribution in [1.82, 2.24) is 0 Å². The molecule has 2 aliphatic rings. The van der Waals surface area contributed by atoms with E-state index in [1.165, 1.54) is 0 Å². The Morgan fingerprint density at radius 3 is 2.24 bits per heavy atom. The molecule has 1 heteroatoms. The first-order chi connectivity index (χ1) is 10.0. The van der Waals surface area contributed by atoms with Crippen molar-refractivity contribution in [1.29, 1.82) is 0 Å². The van der Waals surface area contributed by atoms with Crippen LogP contribution in [0.25, 0.3) is 0 Å². The topological polar surface area (TPSA) is 20.2 Å². The normalized spacial score (nSPS) is 24.8. The summed E-state index contributed by atoms with van der Waals surface area (Å²) < 4.78 is 0. The van der Waals surface area contributed by atoms with E-state index >= 15 is 0 Å². The lowest BCUT2D eigenvalue weighted by Gasteiger charge is -2.31. The van der Waals surface area contributed by atoms with Gasteiger partial charge in [-0.05, 0) is 25.2 Å². The Hall–Kier alpha value is -1.34. The van der Waals surface area contributed by atoms with Gasteiger partial charge >= 0.3 is 0 Å². The predicted molar refractivity (Wildman–Crippen MR) is 90.9 cm³/mol. The number of rotatable bonds is 5. The quantitative estimate of drug-likeness (QED) is 0.717. The number of aliphatic hydroxyl groups excluding tert-OH is 1. The molecule has 2 unspecified atom stereocenters. The largest absolute Gasteiger partial charge is 0.396 e. The van der Waals surface area contributed by atoms with E-state index in [-0.39, 0.29) is 17.4 Å². The number of aliphatic hydroxyl groups is 1. The van der Waals surface area contributed by atoms with Crippen LogP contribution in [0.2, 0.25) is 0 Å². The Labute approximate surface area is 129 Å². The highest BCUT2D eigenvalue weighted by molar-refractivity contribution is 5.39. The monoisotopic (exact) mass is 284 g/mol. The molecule has 0 aromatic rings. The second-order valence-corrected chi connectivity index (χ2v) is 6.64. The zero-order chi connectivity index (χ0) is 15.3. The summed E-state index contributed by atoms with van der Waals surface area (Å²) in [5, 5.41) is 9.39. The van der Waals surface area contributed by atoms with Crippen LogP contribution < -0.4 is 0 Å². The van der Waals surface area contributed by atoms with Gasteiger partial charge in [0.1, 0.15) is 0 Å². The molecular weight excluding hydrogens is 256 g/mol. The van der Waals surface area contributed by atoms with Crippen molar-refractivity contribution in [2.45, 2.75) is 33.6 Å². The highest BCUT2D eigenvalue weighted by Gasteiger charge is 2.26. The van der Waals surface area contributed by atoms with Gasteiger partial charge in [0.2, 0.25) is 0 Å². The van der Waals surface area contributed by atoms with Crippen LogP contribution in [-0.4, -0.2) is 11.7 Å². The van der Waals surface area contributed by atoms with Crippen molar-refractivity contribution in [2.75, 3.05) is 6.61 Å². The highest BCUT2D eigenvalue weighted by Crippen LogP contribution is 2.38. The number of hydrogen-bond donors (Lipinski definition) is 1. The molecule has 0 fully saturated rings. The SMILES string of the molecule is CCC(CO)C(C)/C=C\C1(C)C=CC2(C=CCC=C2)C=C1. The van der Waals surface area contributed by atoms with Crippen molar-refractivity contribution >= 4 is 0 Å². The molecular formula is C20H28O. The maximum Gasteiger partial charge on any atom is 0.0464 e. The summed E-state index contributed by atoms with van der Waals surface area (Å²) in [6.45, 7) is 6.82. The van der Waals surface area contributed by atoms with Crippen LogP contribution in [0, 0.1) is 22.7 Å². The Morgan fingerprint density at radius 1 is 1.10 bits per heavy atom. The van der Waals surface area contributed by atoms with E-state index in [1.807, 2.05) is 0 Å². The molecule has 2 aliphatic carbocycles. The molecule has 0 saturated carbocycles. The van der Waals surface area contributed by atoms with E-state index in [1.54, 1.807) is 0 Å². The van der Waals surface area contributed by atoms with Gasteiger partial charge < -0.3 is 5.11 Å². The van der Waals surface area contributed by atoms with Gasteiger partial charge in [-0.25, -0.2) is 0 Å². The van der Waals surface area contributed by atoms with Gasteiger partial charge in [0.05, 0.1) is 0 Å². The first kappa shape index (κ1) is 16.0. The molecule has 0 aromatic carbocycles. The molecule has 21 heavy (non-hydrogen) atoms. The van der Waals surface area contributed by atoms with Crippen LogP contribution in [0.1, 0.15) is 33.6 Å². The van der Waals surface area contributed by atoms with E-state index in [0.29, 0.717) is 11.8 Å². The van der Waals surface area contributed by atoms with Crippen LogP contribution in [0.3, 0.4) is 0 Å². The fourth-order valence-electron chi connectivity index (χ4n) is 2.95. The van der Waals surface area contributed by atoms with Crippen molar-refractivity contribution in [3.05, 3.63) is 60.8 Å². The van der Waals surface area contributed by atoms with Crippen LogP contribution >= 0.6 is 0 Å². The van der Waals surface area contributed by atoms with Gasteiger partial charge in [-0.2, -0.15) is 0 Å². The van der Waals surface area contributed by atoms with E-state index in [9.17, 15) is 5.11 Å². The lowest BCUT2D eigenvalue weighted by atomic mass is 9.73. The second-order valence-electron chi connectivity index (χ2n) is 6.64. The summed E-state index contributed by atoms with van der Waals surface area (Å²) in [5.41, 5.74) is -0.0271. The minimum absolute atomic E-state index is 0.00569. The molecule has 2 rings (SSSR count). The number of allylic oxidation sites excluding steroid dienone is 10. The first-order valence-corrected chi connectivity index (χ1v) is 8.09. The van der Waals surface area contributed by atoms with Crippen LogP contribution in [0.4, 0.5) is 0 Å². The third-order valence-corrected chi connectivity index (χ3v) is 4.81. The smallest absolute Gasteiger partial charge is 0.0464 e. The summed E-state index contributed by atoms with van der Waals surface area (Å²) >= 11 is 0. The minimum Gasteiger partial charge on any atom is -0.396 e. The Morgan fingerprint density at radius 2 is 1.71 bits per heavy atom. The lowest BCUT2D eigenvalue weighted by Crippen LogP contribution is -2.19. The van der Waals surface area contributed by atoms with Crippen molar-refractivity contribution < 1.29 is 5.11 Å². The molecule has 0 aromatic heterocycles. The third kappa shape index (κ3) is 3.85. The van der Waals surface area contributed by atoms with Crippen molar-refractivity contribution in [2.24, 2.45) is 22.7 Å². The summed E-state index contributed by atoms with van der Waals surface area (Å²) in [5.74, 6) is 0.765. The van der Waals surface area contributed by atoms with Gasteiger partial charge in [-0.15, -0.1) is 0 Å². The van der Waals surface area contributed by atoms with E-state index < -0.39 is 0 Å². The average Bonchev–Trinajstić information content (AvgIpc) is 2.51. The molecule has 1 N–H and O–H groups in total. The Balaban J connectivity index is 2.07. The second kappa shape index (κ2) is 6.62. The summed E-state index contributed by atoms with van der Waals surface area (Å²) in [4.78, 5) is 0. The van der Waals surface area contributed by atoms with Gasteiger partial charge in [-0.1, -0.05) is 81.0 Å². The van der Waals surface area contributed by atoms with E-state index in [4.69, 9.17) is 0 Å². The predicted octanol–water partition coefficient (Wildman–Crippen LogP) is 4.83. The molecule has 0 bridgehead atoms. The molecule has 0 saturated heterocycles. The summed E-state index contributed by atoms with van der Waals surface area (Å²) in [6, 6.07) is 0. The average molecular weight is 284 g/mol. The molecule has 114 valence electrons. The summed E-state index contributed by atoms with van der Waals surface area (Å²) in [6.07, 6.45) is 24.7. The molecule has 1 spiro atoms. The Kier molecular flexibility index (Phi) is 5.05. The molecule has 0 aliphatic heterocycles. The van der Waals surface area contributed by atoms with Gasteiger partial charge in [0.25, 0.3) is 0 Å². The van der Waals surface area contributed by atoms with Gasteiger partial charge in [0, 0.05) is 17.4 Å². The molecule has 2 atom stereocenters. The van der Waals surface area contributed by atoms with Gasteiger partial charge in [0.15, 0.2) is 0 Å². The number of hydrogen-bond acceptors (Lipinski definition) is 1. The zero-order valence-corrected chi connectivity index (χ0v) is 13.5. The van der Waals surface area contributed by atoms with Crippen LogP contribution in [-0.2, 0) is 0 Å². The highest BCUT2D eigenvalue weighted by atomic mass is 16.3. The molecule has 0 heterocycles. The first-order valence-electron chi connectivity index (χ1n) is 8.09. The molecule has 0 radical (unpaired) electrons. The lowest BCUT2D eigenvalue weighted by molar-refractivity contribution is 0.195. The minimum atomic E-state index is -0.0214. The maximum atomic E-state index is 9.39. The zero-order valence-electron chi connectivity index (χ0n) is 13.5. The third-order valence-electron chi connectivity index (χ3n) is 4.81. The van der Waals surface area contributed by atoms with Crippen LogP contribution in [0.5, 0.6) is 0 Å². The summed E-state index contributed by atoms with van der Waals surface area (Å²) in [7, 11) is 0. The van der Waals surface area contributed by atoms with Gasteiger partial charge in [-0.3, -0.25) is 0 Å². The van der Waals surface area contributed by atoms with Crippen molar-refractivity contribution in [3.8, 4) is 0 Å². The molecule has 0 amide bonds.